The summed E-state index contributed by atoms with van der Waals surface area (Å²) < 4.78 is 4.69. The summed E-state index contributed by atoms with van der Waals surface area (Å²) in [5, 5.41) is 0.891. The van der Waals surface area contributed by atoms with E-state index >= 15 is 0 Å². The first kappa shape index (κ1) is 11.5. The van der Waals surface area contributed by atoms with Crippen LogP contribution in [0.25, 0.3) is 22.3 Å². The van der Waals surface area contributed by atoms with Gasteiger partial charge in [-0.1, -0.05) is 30.3 Å². The lowest BCUT2D eigenvalue weighted by Gasteiger charge is -1.97. The summed E-state index contributed by atoms with van der Waals surface area (Å²) in [6.07, 6.45) is 1.51. The van der Waals surface area contributed by atoms with Crippen LogP contribution in [-0.4, -0.2) is 23.0 Å². The standard InChI is InChI=1S/C15H12N2O2/c1-19-15(18)12-7-11-8-13(17-14(11)16-9-12)10-5-3-2-4-6-10/h2-9H,1H3,(H,16,17). The fourth-order valence-corrected chi connectivity index (χ4v) is 2.02. The van der Waals surface area contributed by atoms with Crippen molar-refractivity contribution in [3.05, 3.63) is 54.2 Å². The van der Waals surface area contributed by atoms with Gasteiger partial charge in [-0.15, -0.1) is 0 Å². The minimum absolute atomic E-state index is 0.378. The lowest BCUT2D eigenvalue weighted by atomic mass is 10.1. The molecule has 0 aliphatic rings. The van der Waals surface area contributed by atoms with Crippen molar-refractivity contribution in [1.82, 2.24) is 9.97 Å². The number of carbonyl (C=O) groups excluding carboxylic acids is 1. The van der Waals surface area contributed by atoms with Crippen LogP contribution < -0.4 is 0 Å². The van der Waals surface area contributed by atoms with Crippen molar-refractivity contribution in [2.45, 2.75) is 0 Å². The summed E-state index contributed by atoms with van der Waals surface area (Å²) in [6, 6.07) is 13.7. The smallest absolute Gasteiger partial charge is 0.339 e. The molecule has 3 rings (SSSR count). The maximum atomic E-state index is 11.5. The number of pyridine rings is 1. The monoisotopic (exact) mass is 252 g/mol. The van der Waals surface area contributed by atoms with E-state index in [0.29, 0.717) is 5.56 Å². The van der Waals surface area contributed by atoms with Gasteiger partial charge in [0.05, 0.1) is 12.7 Å². The number of esters is 1. The number of aromatic nitrogens is 2. The van der Waals surface area contributed by atoms with E-state index in [1.54, 1.807) is 6.07 Å². The highest BCUT2D eigenvalue weighted by Crippen LogP contribution is 2.23. The van der Waals surface area contributed by atoms with Crippen molar-refractivity contribution in [1.29, 1.82) is 0 Å². The van der Waals surface area contributed by atoms with Crippen molar-refractivity contribution < 1.29 is 9.53 Å². The van der Waals surface area contributed by atoms with E-state index in [0.717, 1.165) is 22.3 Å². The highest BCUT2D eigenvalue weighted by Gasteiger charge is 2.09. The van der Waals surface area contributed by atoms with Crippen LogP contribution in [0.2, 0.25) is 0 Å². The number of rotatable bonds is 2. The SMILES string of the molecule is COC(=O)c1cnc2[nH]c(-c3ccccc3)cc2c1. The Kier molecular flexibility index (Phi) is 2.76. The molecule has 0 aliphatic carbocycles. The third kappa shape index (κ3) is 2.08. The van der Waals surface area contributed by atoms with Gasteiger partial charge in [0.1, 0.15) is 5.65 Å². The summed E-state index contributed by atoms with van der Waals surface area (Å²) in [6.45, 7) is 0. The van der Waals surface area contributed by atoms with Gasteiger partial charge in [0.2, 0.25) is 0 Å². The minimum Gasteiger partial charge on any atom is -0.465 e. The number of hydrogen-bond donors (Lipinski definition) is 1. The van der Waals surface area contributed by atoms with Gasteiger partial charge in [-0.3, -0.25) is 0 Å². The molecule has 0 unspecified atom stereocenters. The molecule has 0 bridgehead atoms. The van der Waals surface area contributed by atoms with Crippen molar-refractivity contribution in [3.63, 3.8) is 0 Å². The molecule has 19 heavy (non-hydrogen) atoms. The van der Waals surface area contributed by atoms with Crippen molar-refractivity contribution >= 4 is 17.0 Å². The number of nitrogens with one attached hydrogen (secondary N) is 1. The van der Waals surface area contributed by atoms with E-state index in [1.807, 2.05) is 36.4 Å². The maximum Gasteiger partial charge on any atom is 0.339 e. The fraction of sp³-hybridized carbons (Fsp3) is 0.0667. The molecule has 0 aliphatic heterocycles. The lowest BCUT2D eigenvalue weighted by Crippen LogP contribution is -2.01. The first-order chi connectivity index (χ1) is 9.28. The Morgan fingerprint density at radius 2 is 2.00 bits per heavy atom. The van der Waals surface area contributed by atoms with Gasteiger partial charge in [0.25, 0.3) is 0 Å². The molecule has 1 aromatic carbocycles. The second kappa shape index (κ2) is 4.57. The molecule has 1 N–H and O–H groups in total. The molecule has 0 atom stereocenters. The fourth-order valence-electron chi connectivity index (χ4n) is 2.02. The number of aromatic amines is 1. The second-order valence-corrected chi connectivity index (χ2v) is 4.20. The van der Waals surface area contributed by atoms with Crippen molar-refractivity contribution in [3.8, 4) is 11.3 Å². The van der Waals surface area contributed by atoms with Gasteiger partial charge in [0, 0.05) is 17.3 Å². The predicted octanol–water partition coefficient (Wildman–Crippen LogP) is 3.02. The van der Waals surface area contributed by atoms with Crippen LogP contribution in [-0.2, 0) is 4.74 Å². The summed E-state index contributed by atoms with van der Waals surface area (Å²) >= 11 is 0. The zero-order valence-corrected chi connectivity index (χ0v) is 10.4. The molecule has 0 saturated heterocycles. The largest absolute Gasteiger partial charge is 0.465 e. The van der Waals surface area contributed by atoms with E-state index in [9.17, 15) is 4.79 Å². The van der Waals surface area contributed by atoms with Gasteiger partial charge in [-0.05, 0) is 17.7 Å². The number of fused-ring (bicyclic) bond motifs is 1. The van der Waals surface area contributed by atoms with Crippen molar-refractivity contribution in [2.24, 2.45) is 0 Å². The maximum absolute atomic E-state index is 11.5. The highest BCUT2D eigenvalue weighted by molar-refractivity contribution is 5.94. The average Bonchev–Trinajstić information content (AvgIpc) is 2.90. The molecule has 2 heterocycles. The third-order valence-corrected chi connectivity index (χ3v) is 2.98. The number of H-pyrrole nitrogens is 1. The van der Waals surface area contributed by atoms with Gasteiger partial charge in [-0.2, -0.15) is 0 Å². The number of nitrogens with zero attached hydrogens (tertiary/aromatic N) is 1. The molecule has 0 spiro atoms. The molecule has 3 aromatic rings. The van der Waals surface area contributed by atoms with Crippen molar-refractivity contribution in [2.75, 3.05) is 7.11 Å². The summed E-state index contributed by atoms with van der Waals surface area (Å²) in [5.41, 5.74) is 3.27. The highest BCUT2D eigenvalue weighted by atomic mass is 16.5. The Balaban J connectivity index is 2.09. The first-order valence-corrected chi connectivity index (χ1v) is 5.90. The molecular formula is C15H12N2O2. The topological polar surface area (TPSA) is 55.0 Å². The number of hydrogen-bond acceptors (Lipinski definition) is 3. The summed E-state index contributed by atoms with van der Waals surface area (Å²) in [4.78, 5) is 18.9. The Labute approximate surface area is 110 Å². The molecule has 94 valence electrons. The number of methoxy groups -OCH3 is 1. The predicted molar refractivity (Wildman–Crippen MR) is 72.9 cm³/mol. The van der Waals surface area contributed by atoms with E-state index in [1.165, 1.54) is 13.3 Å². The van der Waals surface area contributed by atoms with Crippen LogP contribution in [0.3, 0.4) is 0 Å². The minimum atomic E-state index is -0.378. The van der Waals surface area contributed by atoms with Crippen LogP contribution >= 0.6 is 0 Å². The molecule has 0 radical (unpaired) electrons. The van der Waals surface area contributed by atoms with Crippen LogP contribution in [0.15, 0.2) is 48.7 Å². The molecule has 0 amide bonds. The molecular weight excluding hydrogens is 240 g/mol. The number of carbonyl (C=O) groups is 1. The summed E-state index contributed by atoms with van der Waals surface area (Å²) in [5.74, 6) is -0.378. The van der Waals surface area contributed by atoms with Gasteiger partial charge in [0.15, 0.2) is 0 Å². The Morgan fingerprint density at radius 3 is 2.74 bits per heavy atom. The molecule has 4 heteroatoms. The van der Waals surface area contributed by atoms with Crippen LogP contribution in [0.4, 0.5) is 0 Å². The Morgan fingerprint density at radius 1 is 1.21 bits per heavy atom. The van der Waals surface area contributed by atoms with E-state index in [4.69, 9.17) is 0 Å². The number of ether oxygens (including phenoxy) is 1. The second-order valence-electron chi connectivity index (χ2n) is 4.20. The molecule has 2 aromatic heterocycles. The first-order valence-electron chi connectivity index (χ1n) is 5.90. The quantitative estimate of drug-likeness (QED) is 0.713. The van der Waals surface area contributed by atoms with Crippen LogP contribution in [0.5, 0.6) is 0 Å². The third-order valence-electron chi connectivity index (χ3n) is 2.98. The lowest BCUT2D eigenvalue weighted by molar-refractivity contribution is 0.0600. The van der Waals surface area contributed by atoms with Crippen LogP contribution in [0, 0.1) is 0 Å². The van der Waals surface area contributed by atoms with Gasteiger partial charge >= 0.3 is 5.97 Å². The normalized spacial score (nSPS) is 10.6. The Bertz CT molecular complexity index is 732. The van der Waals surface area contributed by atoms with Gasteiger partial charge < -0.3 is 9.72 Å². The van der Waals surface area contributed by atoms with Gasteiger partial charge in [-0.25, -0.2) is 9.78 Å². The molecule has 0 fully saturated rings. The van der Waals surface area contributed by atoms with E-state index in [2.05, 4.69) is 14.7 Å². The molecule has 4 nitrogen and oxygen atoms in total. The van der Waals surface area contributed by atoms with Crippen LogP contribution in [0.1, 0.15) is 10.4 Å². The Hall–Kier alpha value is -2.62. The summed E-state index contributed by atoms with van der Waals surface area (Å²) in [7, 11) is 1.36. The average molecular weight is 252 g/mol. The zero-order valence-electron chi connectivity index (χ0n) is 10.4. The van der Waals surface area contributed by atoms with E-state index < -0.39 is 0 Å². The number of benzene rings is 1. The van der Waals surface area contributed by atoms with E-state index in [-0.39, 0.29) is 5.97 Å². The molecule has 0 saturated carbocycles. The zero-order chi connectivity index (χ0) is 13.2.